The number of aliphatic imine (C=N–C) groups is 1. The minimum atomic E-state index is -3.41. The largest absolute Gasteiger partial charge is 0.361 e. The Hall–Kier alpha value is -2.34. The Labute approximate surface area is 204 Å². The first-order valence-electron chi connectivity index (χ1n) is 10.3. The molecule has 1 aliphatic heterocycles. The van der Waals surface area contributed by atoms with Crippen LogP contribution in [0.15, 0.2) is 53.7 Å². The van der Waals surface area contributed by atoms with Gasteiger partial charge in [-0.25, -0.2) is 12.8 Å². The zero-order valence-electron chi connectivity index (χ0n) is 17.8. The van der Waals surface area contributed by atoms with Crippen molar-refractivity contribution in [1.29, 1.82) is 0 Å². The van der Waals surface area contributed by atoms with E-state index in [2.05, 4.69) is 20.6 Å². The summed E-state index contributed by atoms with van der Waals surface area (Å²) >= 11 is 0. The van der Waals surface area contributed by atoms with Crippen molar-refractivity contribution in [3.8, 4) is 0 Å². The van der Waals surface area contributed by atoms with Crippen LogP contribution in [-0.4, -0.2) is 51.8 Å². The number of para-hydroxylation sites is 1. The number of nitrogens with zero attached hydrogens (tertiary/aromatic N) is 2. The summed E-state index contributed by atoms with van der Waals surface area (Å²) in [5.41, 5.74) is 3.74. The summed E-state index contributed by atoms with van der Waals surface area (Å²) in [4.78, 5) is 7.30. The van der Waals surface area contributed by atoms with Crippen LogP contribution in [0.5, 0.6) is 0 Å². The van der Waals surface area contributed by atoms with Crippen molar-refractivity contribution in [3.63, 3.8) is 0 Å². The number of sulfonamides is 1. The van der Waals surface area contributed by atoms with Gasteiger partial charge in [-0.3, -0.25) is 9.30 Å². The van der Waals surface area contributed by atoms with Crippen LogP contribution in [0.1, 0.15) is 11.1 Å². The van der Waals surface area contributed by atoms with E-state index in [9.17, 15) is 12.8 Å². The number of aromatic amines is 1. The van der Waals surface area contributed by atoms with Crippen molar-refractivity contribution in [1.82, 2.24) is 15.6 Å². The Kier molecular flexibility index (Phi) is 7.99. The fourth-order valence-electron chi connectivity index (χ4n) is 3.90. The molecule has 0 spiro atoms. The number of hydrogen-bond acceptors (Lipinski definition) is 3. The standard InChI is InChI=1S/C22H26FN5O2S.HI/c1-24-22(25-10-8-17-15-27-20-7-6-18(23)14-19(17)20)26-11-13-31(29,30)28-12-9-16-4-2-3-5-21(16)28;/h2-7,14-15,27H,8-13H2,1H3,(H2,24,25,26);1H. The van der Waals surface area contributed by atoms with Crippen LogP contribution in [0.25, 0.3) is 10.9 Å². The number of guanidine groups is 1. The van der Waals surface area contributed by atoms with Gasteiger partial charge in [-0.05, 0) is 48.2 Å². The fraction of sp³-hybridized carbons (Fsp3) is 0.318. The van der Waals surface area contributed by atoms with Gasteiger partial charge in [0, 0.05) is 43.8 Å². The average molecular weight is 571 g/mol. The van der Waals surface area contributed by atoms with Gasteiger partial charge in [0.2, 0.25) is 10.0 Å². The number of nitrogens with one attached hydrogen (secondary N) is 3. The SMILES string of the molecule is CN=C(NCCc1c[nH]c2ccc(F)cc12)NCCS(=O)(=O)N1CCc2ccccc21.I. The molecule has 2 heterocycles. The number of aromatic nitrogens is 1. The van der Waals surface area contributed by atoms with Gasteiger partial charge in [0.15, 0.2) is 5.96 Å². The summed E-state index contributed by atoms with van der Waals surface area (Å²) in [6.07, 6.45) is 3.29. The molecule has 3 N–H and O–H groups in total. The minimum absolute atomic E-state index is 0. The molecule has 32 heavy (non-hydrogen) atoms. The molecule has 3 aromatic rings. The molecule has 0 fully saturated rings. The topological polar surface area (TPSA) is 89.6 Å². The van der Waals surface area contributed by atoms with Crippen LogP contribution in [0, 0.1) is 5.82 Å². The highest BCUT2D eigenvalue weighted by molar-refractivity contribution is 14.0. The van der Waals surface area contributed by atoms with Crippen molar-refractivity contribution in [2.45, 2.75) is 12.8 Å². The van der Waals surface area contributed by atoms with E-state index in [1.54, 1.807) is 13.1 Å². The highest BCUT2D eigenvalue weighted by Gasteiger charge is 2.28. The van der Waals surface area contributed by atoms with Crippen LogP contribution in [0.2, 0.25) is 0 Å². The second-order valence-corrected chi connectivity index (χ2v) is 9.46. The van der Waals surface area contributed by atoms with E-state index >= 15 is 0 Å². The number of benzene rings is 2. The molecule has 1 aliphatic rings. The molecule has 0 saturated heterocycles. The van der Waals surface area contributed by atoms with Crippen molar-refractivity contribution >= 4 is 56.5 Å². The van der Waals surface area contributed by atoms with E-state index in [1.807, 2.05) is 30.5 Å². The minimum Gasteiger partial charge on any atom is -0.361 e. The summed E-state index contributed by atoms with van der Waals surface area (Å²) in [5, 5.41) is 7.11. The van der Waals surface area contributed by atoms with Gasteiger partial charge in [0.25, 0.3) is 0 Å². The Bertz CT molecular complexity index is 1210. The van der Waals surface area contributed by atoms with Crippen molar-refractivity contribution < 1.29 is 12.8 Å². The molecule has 0 unspecified atom stereocenters. The van der Waals surface area contributed by atoms with Crippen molar-refractivity contribution in [3.05, 3.63) is 65.6 Å². The van der Waals surface area contributed by atoms with Gasteiger partial charge in [0.1, 0.15) is 5.82 Å². The maximum atomic E-state index is 13.5. The van der Waals surface area contributed by atoms with Crippen molar-refractivity contribution in [2.24, 2.45) is 4.99 Å². The fourth-order valence-corrected chi connectivity index (χ4v) is 5.33. The summed E-state index contributed by atoms with van der Waals surface area (Å²) in [5.74, 6) is 0.243. The van der Waals surface area contributed by atoms with E-state index in [1.165, 1.54) is 16.4 Å². The molecule has 0 bridgehead atoms. The lowest BCUT2D eigenvalue weighted by Crippen LogP contribution is -2.42. The van der Waals surface area contributed by atoms with Crippen LogP contribution in [0.3, 0.4) is 0 Å². The number of H-pyrrole nitrogens is 1. The Morgan fingerprint density at radius 3 is 2.78 bits per heavy atom. The molecule has 0 radical (unpaired) electrons. The summed E-state index contributed by atoms with van der Waals surface area (Å²) in [6.45, 7) is 1.31. The van der Waals surface area contributed by atoms with Gasteiger partial charge in [-0.1, -0.05) is 18.2 Å². The van der Waals surface area contributed by atoms with E-state index < -0.39 is 10.0 Å². The molecule has 4 rings (SSSR count). The number of halogens is 2. The first-order chi connectivity index (χ1) is 15.0. The molecule has 0 amide bonds. The molecule has 2 aromatic carbocycles. The monoisotopic (exact) mass is 571 g/mol. The lowest BCUT2D eigenvalue weighted by Gasteiger charge is -2.20. The number of fused-ring (bicyclic) bond motifs is 2. The zero-order valence-corrected chi connectivity index (χ0v) is 20.9. The highest BCUT2D eigenvalue weighted by atomic mass is 127. The van der Waals surface area contributed by atoms with Gasteiger partial charge >= 0.3 is 0 Å². The predicted octanol–water partition coefficient (Wildman–Crippen LogP) is 3.03. The number of anilines is 1. The van der Waals surface area contributed by atoms with Crippen molar-refractivity contribution in [2.75, 3.05) is 36.7 Å². The predicted molar refractivity (Wildman–Crippen MR) is 138 cm³/mol. The maximum Gasteiger partial charge on any atom is 0.236 e. The van der Waals surface area contributed by atoms with Gasteiger partial charge in [-0.2, -0.15) is 0 Å². The molecule has 0 saturated carbocycles. The molecular formula is C22H27FIN5O2S. The first kappa shape index (κ1) is 24.3. The Morgan fingerprint density at radius 1 is 1.19 bits per heavy atom. The molecule has 10 heteroatoms. The van der Waals surface area contributed by atoms with E-state index in [0.717, 1.165) is 34.1 Å². The summed E-state index contributed by atoms with van der Waals surface area (Å²) in [7, 11) is -1.77. The van der Waals surface area contributed by atoms with Gasteiger partial charge < -0.3 is 15.6 Å². The van der Waals surface area contributed by atoms with E-state index in [0.29, 0.717) is 25.5 Å². The lowest BCUT2D eigenvalue weighted by atomic mass is 10.1. The number of hydrogen-bond donors (Lipinski definition) is 3. The molecular weight excluding hydrogens is 544 g/mol. The third-order valence-electron chi connectivity index (χ3n) is 5.47. The summed E-state index contributed by atoms with van der Waals surface area (Å²) in [6, 6.07) is 12.3. The molecule has 0 atom stereocenters. The quantitative estimate of drug-likeness (QED) is 0.231. The molecule has 7 nitrogen and oxygen atoms in total. The van der Waals surface area contributed by atoms with Crippen LogP contribution in [0.4, 0.5) is 10.1 Å². The Morgan fingerprint density at radius 2 is 1.97 bits per heavy atom. The normalized spacial score (nSPS) is 13.7. The van der Waals surface area contributed by atoms with Crippen LogP contribution >= 0.6 is 24.0 Å². The van der Waals surface area contributed by atoms with E-state index in [-0.39, 0.29) is 42.1 Å². The highest BCUT2D eigenvalue weighted by Crippen LogP contribution is 2.29. The van der Waals surface area contributed by atoms with Crippen LogP contribution < -0.4 is 14.9 Å². The van der Waals surface area contributed by atoms with Gasteiger partial charge in [0.05, 0.1) is 11.4 Å². The Balaban J connectivity index is 0.00000289. The summed E-state index contributed by atoms with van der Waals surface area (Å²) < 4.78 is 40.6. The second-order valence-electron chi connectivity index (χ2n) is 7.45. The molecule has 1 aromatic heterocycles. The average Bonchev–Trinajstić information content (AvgIpc) is 3.37. The third kappa shape index (κ3) is 5.34. The zero-order chi connectivity index (χ0) is 21.8. The van der Waals surface area contributed by atoms with Crippen LogP contribution in [-0.2, 0) is 22.9 Å². The van der Waals surface area contributed by atoms with E-state index in [4.69, 9.17) is 0 Å². The lowest BCUT2D eigenvalue weighted by molar-refractivity contribution is 0.591. The second kappa shape index (κ2) is 10.5. The molecule has 0 aliphatic carbocycles. The molecule has 172 valence electrons. The third-order valence-corrected chi connectivity index (χ3v) is 7.24. The van der Waals surface area contributed by atoms with Gasteiger partial charge in [-0.15, -0.1) is 24.0 Å². The smallest absolute Gasteiger partial charge is 0.236 e. The maximum absolute atomic E-state index is 13.5. The first-order valence-corrected chi connectivity index (χ1v) is 11.9. The number of rotatable bonds is 7.